The Bertz CT molecular complexity index is 88.2. The van der Waals surface area contributed by atoms with Gasteiger partial charge in [0.15, 0.2) is 0 Å². The number of aliphatic hydroxyl groups excluding tert-OH is 1. The summed E-state index contributed by atoms with van der Waals surface area (Å²) in [7, 11) is 1.65. The summed E-state index contributed by atoms with van der Waals surface area (Å²) in [6.07, 6.45) is -0.296. The maximum atomic E-state index is 9.44. The topological polar surface area (TPSA) is 41.5 Å². The summed E-state index contributed by atoms with van der Waals surface area (Å²) in [5.74, 6) is 0.207. The smallest absolute Gasteiger partial charge is 0.0712 e. The Balaban J connectivity index is 3.38. The van der Waals surface area contributed by atoms with Crippen LogP contribution in [0.1, 0.15) is 13.8 Å². The summed E-state index contributed by atoms with van der Waals surface area (Å²) >= 11 is 0. The van der Waals surface area contributed by atoms with Gasteiger partial charge in [-0.2, -0.15) is 0 Å². The Morgan fingerprint density at radius 1 is 1.55 bits per heavy atom. The normalized spacial score (nSPS) is 16.4. The maximum Gasteiger partial charge on any atom is 0.0712 e. The summed E-state index contributed by atoms with van der Waals surface area (Å²) in [6, 6.07) is 0. The van der Waals surface area contributed by atoms with Gasteiger partial charge in [0.25, 0.3) is 0 Å². The number of nitrogens with one attached hydrogen (secondary N) is 1. The lowest BCUT2D eigenvalue weighted by Crippen LogP contribution is -2.33. The van der Waals surface area contributed by atoms with E-state index in [1.165, 1.54) is 0 Å². The fourth-order valence-electron chi connectivity index (χ4n) is 0.867. The molecule has 0 spiro atoms. The molecular weight excluding hydrogens is 142 g/mol. The highest BCUT2D eigenvalue weighted by molar-refractivity contribution is 4.65. The SMILES string of the molecule is CCNCC(O)C(C)COC. The van der Waals surface area contributed by atoms with Crippen LogP contribution < -0.4 is 5.32 Å². The first-order valence-electron chi connectivity index (χ1n) is 4.10. The summed E-state index contributed by atoms with van der Waals surface area (Å²) in [5.41, 5.74) is 0. The molecule has 2 unspecified atom stereocenters. The predicted octanol–water partition coefficient (Wildman–Crippen LogP) is 0.239. The van der Waals surface area contributed by atoms with Gasteiger partial charge in [-0.25, -0.2) is 0 Å². The van der Waals surface area contributed by atoms with Crippen LogP contribution in [0, 0.1) is 5.92 Å². The number of hydrogen-bond acceptors (Lipinski definition) is 3. The van der Waals surface area contributed by atoms with Crippen LogP contribution in [0.25, 0.3) is 0 Å². The van der Waals surface area contributed by atoms with Crippen LogP contribution in [0.4, 0.5) is 0 Å². The molecule has 3 nitrogen and oxygen atoms in total. The highest BCUT2D eigenvalue weighted by Gasteiger charge is 2.12. The molecule has 2 atom stereocenters. The Morgan fingerprint density at radius 3 is 2.64 bits per heavy atom. The van der Waals surface area contributed by atoms with E-state index in [-0.39, 0.29) is 12.0 Å². The van der Waals surface area contributed by atoms with E-state index in [0.717, 1.165) is 6.54 Å². The van der Waals surface area contributed by atoms with Gasteiger partial charge in [0.1, 0.15) is 0 Å². The summed E-state index contributed by atoms with van der Waals surface area (Å²) in [6.45, 7) is 6.17. The average Bonchev–Trinajstić information content (AvgIpc) is 2.00. The van der Waals surface area contributed by atoms with E-state index in [0.29, 0.717) is 13.2 Å². The lowest BCUT2D eigenvalue weighted by molar-refractivity contribution is 0.0575. The Morgan fingerprint density at radius 2 is 2.18 bits per heavy atom. The van der Waals surface area contributed by atoms with Gasteiger partial charge in [-0.05, 0) is 6.54 Å². The van der Waals surface area contributed by atoms with Gasteiger partial charge in [-0.3, -0.25) is 0 Å². The first-order chi connectivity index (χ1) is 5.22. The summed E-state index contributed by atoms with van der Waals surface area (Å²) in [5, 5.41) is 12.5. The number of aliphatic hydroxyl groups is 1. The third-order valence-corrected chi connectivity index (χ3v) is 1.69. The van der Waals surface area contributed by atoms with Crippen molar-refractivity contribution in [3.63, 3.8) is 0 Å². The number of likely N-dealkylation sites (N-methyl/N-ethyl adjacent to an activating group) is 1. The molecule has 68 valence electrons. The van der Waals surface area contributed by atoms with Crippen LogP contribution in [0.3, 0.4) is 0 Å². The van der Waals surface area contributed by atoms with Gasteiger partial charge in [0.05, 0.1) is 12.7 Å². The van der Waals surface area contributed by atoms with Crippen LogP contribution >= 0.6 is 0 Å². The first kappa shape index (κ1) is 10.9. The molecule has 0 aromatic heterocycles. The van der Waals surface area contributed by atoms with E-state index in [1.807, 2.05) is 13.8 Å². The molecule has 0 aromatic carbocycles. The minimum Gasteiger partial charge on any atom is -0.391 e. The number of rotatable bonds is 6. The molecule has 0 heterocycles. The maximum absolute atomic E-state index is 9.44. The van der Waals surface area contributed by atoms with Crippen molar-refractivity contribution in [3.8, 4) is 0 Å². The summed E-state index contributed by atoms with van der Waals surface area (Å²) in [4.78, 5) is 0. The van der Waals surface area contributed by atoms with Gasteiger partial charge in [0, 0.05) is 19.6 Å². The van der Waals surface area contributed by atoms with Crippen molar-refractivity contribution >= 4 is 0 Å². The average molecular weight is 161 g/mol. The van der Waals surface area contributed by atoms with E-state index in [4.69, 9.17) is 4.74 Å². The van der Waals surface area contributed by atoms with Crippen LogP contribution in [-0.2, 0) is 4.74 Å². The number of hydrogen-bond donors (Lipinski definition) is 2. The molecule has 3 heteroatoms. The molecule has 2 N–H and O–H groups in total. The summed E-state index contributed by atoms with van der Waals surface area (Å²) < 4.78 is 4.92. The van der Waals surface area contributed by atoms with Crippen molar-refractivity contribution in [2.75, 3.05) is 26.8 Å². The molecule has 0 rings (SSSR count). The molecule has 0 fully saturated rings. The van der Waals surface area contributed by atoms with Gasteiger partial charge >= 0.3 is 0 Å². The lowest BCUT2D eigenvalue weighted by atomic mass is 10.1. The molecule has 0 radical (unpaired) electrons. The van der Waals surface area contributed by atoms with Crippen molar-refractivity contribution in [2.24, 2.45) is 5.92 Å². The van der Waals surface area contributed by atoms with Crippen molar-refractivity contribution in [2.45, 2.75) is 20.0 Å². The number of ether oxygens (including phenoxy) is 1. The van der Waals surface area contributed by atoms with Crippen molar-refractivity contribution in [1.29, 1.82) is 0 Å². The molecule has 0 aliphatic carbocycles. The minimum absolute atomic E-state index is 0.207. The predicted molar refractivity (Wildman–Crippen MR) is 45.6 cm³/mol. The molecule has 0 amide bonds. The van der Waals surface area contributed by atoms with Crippen molar-refractivity contribution in [3.05, 3.63) is 0 Å². The van der Waals surface area contributed by atoms with Gasteiger partial charge in [-0.1, -0.05) is 13.8 Å². The lowest BCUT2D eigenvalue weighted by Gasteiger charge is -2.17. The zero-order chi connectivity index (χ0) is 8.69. The van der Waals surface area contributed by atoms with Crippen molar-refractivity contribution < 1.29 is 9.84 Å². The van der Waals surface area contributed by atoms with E-state index in [9.17, 15) is 5.11 Å². The fraction of sp³-hybridized carbons (Fsp3) is 1.00. The second-order valence-electron chi connectivity index (χ2n) is 2.81. The third-order valence-electron chi connectivity index (χ3n) is 1.69. The quantitative estimate of drug-likeness (QED) is 0.586. The molecule has 0 bridgehead atoms. The molecule has 0 saturated heterocycles. The van der Waals surface area contributed by atoms with Crippen LogP contribution in [-0.4, -0.2) is 38.0 Å². The monoisotopic (exact) mass is 161 g/mol. The molecule has 0 aromatic rings. The third kappa shape index (κ3) is 5.18. The highest BCUT2D eigenvalue weighted by Crippen LogP contribution is 2.01. The van der Waals surface area contributed by atoms with Gasteiger partial charge < -0.3 is 15.2 Å². The molecule has 0 aliphatic rings. The highest BCUT2D eigenvalue weighted by atomic mass is 16.5. The van der Waals surface area contributed by atoms with Crippen molar-refractivity contribution in [1.82, 2.24) is 5.32 Å². The first-order valence-corrected chi connectivity index (χ1v) is 4.10. The Hall–Kier alpha value is -0.120. The second kappa shape index (κ2) is 6.58. The zero-order valence-electron chi connectivity index (χ0n) is 7.63. The molecule has 0 aliphatic heterocycles. The van der Waals surface area contributed by atoms with Crippen LogP contribution in [0.5, 0.6) is 0 Å². The van der Waals surface area contributed by atoms with Gasteiger partial charge in [0.2, 0.25) is 0 Å². The number of methoxy groups -OCH3 is 1. The Kier molecular flexibility index (Phi) is 6.51. The standard InChI is InChI=1S/C8H19NO2/c1-4-9-5-8(10)7(2)6-11-3/h7-10H,4-6H2,1-3H3. The minimum atomic E-state index is -0.296. The van der Waals surface area contributed by atoms with Gasteiger partial charge in [-0.15, -0.1) is 0 Å². The molecule has 11 heavy (non-hydrogen) atoms. The van der Waals surface area contributed by atoms with Crippen LogP contribution in [0.2, 0.25) is 0 Å². The van der Waals surface area contributed by atoms with E-state index >= 15 is 0 Å². The van der Waals surface area contributed by atoms with E-state index < -0.39 is 0 Å². The fourth-order valence-corrected chi connectivity index (χ4v) is 0.867. The zero-order valence-corrected chi connectivity index (χ0v) is 7.63. The molecule has 0 saturated carbocycles. The molecular formula is C8H19NO2. The van der Waals surface area contributed by atoms with Crippen LogP contribution in [0.15, 0.2) is 0 Å². The largest absolute Gasteiger partial charge is 0.391 e. The Labute approximate surface area is 68.8 Å². The second-order valence-corrected chi connectivity index (χ2v) is 2.81. The van der Waals surface area contributed by atoms with E-state index in [2.05, 4.69) is 5.32 Å². The van der Waals surface area contributed by atoms with E-state index in [1.54, 1.807) is 7.11 Å².